The lowest BCUT2D eigenvalue weighted by molar-refractivity contribution is 0.415. The summed E-state index contributed by atoms with van der Waals surface area (Å²) >= 11 is 0. The van der Waals surface area contributed by atoms with Crippen LogP contribution in [0.1, 0.15) is 5.56 Å². The van der Waals surface area contributed by atoms with E-state index in [-0.39, 0.29) is 0 Å². The molecule has 0 N–H and O–H groups in total. The standard InChI is InChI=1S/C17H20N2O/c1-18-11-12-19(13-14-5-3-4-6-17(14)18)15-7-9-16(20-2)10-8-15/h3-10H,11-13H2,1-2H3. The first kappa shape index (κ1) is 12.9. The van der Waals surface area contributed by atoms with Crippen molar-refractivity contribution in [1.29, 1.82) is 0 Å². The number of anilines is 2. The van der Waals surface area contributed by atoms with Gasteiger partial charge in [-0.3, -0.25) is 0 Å². The van der Waals surface area contributed by atoms with E-state index in [1.807, 2.05) is 12.1 Å². The zero-order valence-corrected chi connectivity index (χ0v) is 12.0. The molecule has 104 valence electrons. The van der Waals surface area contributed by atoms with E-state index in [1.165, 1.54) is 16.9 Å². The SMILES string of the molecule is COc1ccc(N2CCN(C)c3ccccc3C2)cc1. The summed E-state index contributed by atoms with van der Waals surface area (Å²) in [6.45, 7) is 3.01. The summed E-state index contributed by atoms with van der Waals surface area (Å²) in [7, 11) is 3.86. The van der Waals surface area contributed by atoms with Crippen LogP contribution < -0.4 is 14.5 Å². The summed E-state index contributed by atoms with van der Waals surface area (Å²) in [5.41, 5.74) is 3.96. The van der Waals surface area contributed by atoms with Crippen molar-refractivity contribution in [3.63, 3.8) is 0 Å². The summed E-state index contributed by atoms with van der Waals surface area (Å²) < 4.78 is 5.23. The Balaban J connectivity index is 1.88. The summed E-state index contributed by atoms with van der Waals surface area (Å²) in [4.78, 5) is 4.75. The lowest BCUT2D eigenvalue weighted by atomic mass is 10.1. The molecule has 0 amide bonds. The van der Waals surface area contributed by atoms with Gasteiger partial charge < -0.3 is 14.5 Å². The Morgan fingerprint density at radius 3 is 2.45 bits per heavy atom. The lowest BCUT2D eigenvalue weighted by Gasteiger charge is -2.23. The molecule has 0 radical (unpaired) electrons. The molecule has 2 aromatic rings. The van der Waals surface area contributed by atoms with E-state index in [0.717, 1.165) is 25.4 Å². The van der Waals surface area contributed by atoms with Gasteiger partial charge in [0, 0.05) is 38.1 Å². The molecular weight excluding hydrogens is 248 g/mol. The minimum absolute atomic E-state index is 0.904. The zero-order chi connectivity index (χ0) is 13.9. The van der Waals surface area contributed by atoms with Crippen molar-refractivity contribution in [2.24, 2.45) is 0 Å². The number of rotatable bonds is 2. The summed E-state index contributed by atoms with van der Waals surface area (Å²) in [6.07, 6.45) is 0. The van der Waals surface area contributed by atoms with Gasteiger partial charge in [-0.25, -0.2) is 0 Å². The predicted octanol–water partition coefficient (Wildman–Crippen LogP) is 3.15. The van der Waals surface area contributed by atoms with Gasteiger partial charge in [0.25, 0.3) is 0 Å². The Hall–Kier alpha value is -2.16. The van der Waals surface area contributed by atoms with Crippen molar-refractivity contribution in [3.8, 4) is 5.75 Å². The highest BCUT2D eigenvalue weighted by atomic mass is 16.5. The van der Waals surface area contributed by atoms with Crippen molar-refractivity contribution in [3.05, 3.63) is 54.1 Å². The summed E-state index contributed by atoms with van der Waals surface area (Å²) in [5.74, 6) is 0.904. The topological polar surface area (TPSA) is 15.7 Å². The molecule has 20 heavy (non-hydrogen) atoms. The second kappa shape index (κ2) is 5.45. The fourth-order valence-corrected chi connectivity index (χ4v) is 2.71. The largest absolute Gasteiger partial charge is 0.497 e. The molecule has 2 aromatic carbocycles. The molecule has 0 saturated heterocycles. The molecule has 3 heteroatoms. The van der Waals surface area contributed by atoms with E-state index in [1.54, 1.807) is 7.11 Å². The van der Waals surface area contributed by atoms with Gasteiger partial charge in [-0.1, -0.05) is 18.2 Å². The first-order valence-corrected chi connectivity index (χ1v) is 6.96. The number of para-hydroxylation sites is 1. The molecule has 3 rings (SSSR count). The number of benzene rings is 2. The zero-order valence-electron chi connectivity index (χ0n) is 12.0. The molecule has 0 saturated carbocycles. The second-order valence-electron chi connectivity index (χ2n) is 5.17. The number of likely N-dealkylation sites (N-methyl/N-ethyl adjacent to an activating group) is 1. The van der Waals surface area contributed by atoms with Crippen LogP contribution in [0.25, 0.3) is 0 Å². The van der Waals surface area contributed by atoms with Crippen LogP contribution in [0.4, 0.5) is 11.4 Å². The first-order valence-electron chi connectivity index (χ1n) is 6.96. The fourth-order valence-electron chi connectivity index (χ4n) is 2.71. The predicted molar refractivity (Wildman–Crippen MR) is 83.8 cm³/mol. The van der Waals surface area contributed by atoms with Crippen molar-refractivity contribution in [2.45, 2.75) is 6.54 Å². The normalized spacial score (nSPS) is 14.7. The van der Waals surface area contributed by atoms with Crippen LogP contribution in [-0.2, 0) is 6.54 Å². The van der Waals surface area contributed by atoms with Crippen LogP contribution in [-0.4, -0.2) is 27.2 Å². The minimum atomic E-state index is 0.904. The maximum atomic E-state index is 5.23. The van der Waals surface area contributed by atoms with E-state index < -0.39 is 0 Å². The van der Waals surface area contributed by atoms with Gasteiger partial charge in [-0.2, -0.15) is 0 Å². The molecule has 0 aliphatic carbocycles. The van der Waals surface area contributed by atoms with Gasteiger partial charge >= 0.3 is 0 Å². The fraction of sp³-hybridized carbons (Fsp3) is 0.294. The smallest absolute Gasteiger partial charge is 0.119 e. The van der Waals surface area contributed by atoms with Gasteiger partial charge in [0.1, 0.15) is 5.75 Å². The van der Waals surface area contributed by atoms with Crippen molar-refractivity contribution in [1.82, 2.24) is 0 Å². The number of hydrogen-bond donors (Lipinski definition) is 0. The van der Waals surface area contributed by atoms with Crippen LogP contribution in [0.5, 0.6) is 5.75 Å². The van der Waals surface area contributed by atoms with Gasteiger partial charge in [-0.15, -0.1) is 0 Å². The van der Waals surface area contributed by atoms with Gasteiger partial charge in [0.15, 0.2) is 0 Å². The maximum absolute atomic E-state index is 5.23. The number of fused-ring (bicyclic) bond motifs is 1. The molecule has 0 atom stereocenters. The van der Waals surface area contributed by atoms with Gasteiger partial charge in [0.05, 0.1) is 7.11 Å². The highest BCUT2D eigenvalue weighted by Crippen LogP contribution is 2.27. The van der Waals surface area contributed by atoms with Gasteiger partial charge in [-0.05, 0) is 35.9 Å². The number of methoxy groups -OCH3 is 1. The monoisotopic (exact) mass is 268 g/mol. The van der Waals surface area contributed by atoms with Crippen LogP contribution in [0.2, 0.25) is 0 Å². The van der Waals surface area contributed by atoms with Crippen LogP contribution in [0, 0.1) is 0 Å². The number of nitrogens with zero attached hydrogens (tertiary/aromatic N) is 2. The summed E-state index contributed by atoms with van der Waals surface area (Å²) in [6, 6.07) is 17.0. The van der Waals surface area contributed by atoms with E-state index in [2.05, 4.69) is 53.2 Å². The average molecular weight is 268 g/mol. The van der Waals surface area contributed by atoms with Crippen molar-refractivity contribution < 1.29 is 4.74 Å². The Morgan fingerprint density at radius 1 is 0.950 bits per heavy atom. The van der Waals surface area contributed by atoms with E-state index in [4.69, 9.17) is 4.74 Å². The van der Waals surface area contributed by atoms with Crippen LogP contribution in [0.3, 0.4) is 0 Å². The Labute approximate surface area is 120 Å². The molecule has 3 nitrogen and oxygen atoms in total. The molecule has 1 aliphatic heterocycles. The van der Waals surface area contributed by atoms with E-state index >= 15 is 0 Å². The van der Waals surface area contributed by atoms with E-state index in [9.17, 15) is 0 Å². The Morgan fingerprint density at radius 2 is 1.70 bits per heavy atom. The average Bonchev–Trinajstić information content (AvgIpc) is 2.67. The molecule has 1 aliphatic rings. The number of ether oxygens (including phenoxy) is 1. The number of hydrogen-bond acceptors (Lipinski definition) is 3. The Kier molecular flexibility index (Phi) is 3.50. The third-order valence-electron chi connectivity index (χ3n) is 3.91. The minimum Gasteiger partial charge on any atom is -0.497 e. The lowest BCUT2D eigenvalue weighted by Crippen LogP contribution is -2.28. The highest BCUT2D eigenvalue weighted by Gasteiger charge is 2.17. The molecule has 0 fully saturated rings. The quantitative estimate of drug-likeness (QED) is 0.832. The molecule has 0 unspecified atom stereocenters. The maximum Gasteiger partial charge on any atom is 0.119 e. The second-order valence-corrected chi connectivity index (χ2v) is 5.17. The first-order chi connectivity index (χ1) is 9.78. The van der Waals surface area contributed by atoms with Gasteiger partial charge in [0.2, 0.25) is 0 Å². The third-order valence-corrected chi connectivity index (χ3v) is 3.91. The molecule has 0 spiro atoms. The van der Waals surface area contributed by atoms with E-state index in [0.29, 0.717) is 0 Å². The highest BCUT2D eigenvalue weighted by molar-refractivity contribution is 5.58. The van der Waals surface area contributed by atoms with Crippen molar-refractivity contribution in [2.75, 3.05) is 37.0 Å². The third kappa shape index (κ3) is 2.44. The summed E-state index contributed by atoms with van der Waals surface area (Å²) in [5, 5.41) is 0. The Bertz CT molecular complexity index is 580. The molecule has 0 bridgehead atoms. The van der Waals surface area contributed by atoms with Crippen molar-refractivity contribution >= 4 is 11.4 Å². The molecule has 1 heterocycles. The molecular formula is C17H20N2O. The van der Waals surface area contributed by atoms with Crippen LogP contribution in [0.15, 0.2) is 48.5 Å². The molecule has 0 aromatic heterocycles. The van der Waals surface area contributed by atoms with Crippen LogP contribution >= 0.6 is 0 Å².